The molecule has 3 aliphatic heterocycles. The van der Waals surface area contributed by atoms with Gasteiger partial charge in [0.15, 0.2) is 0 Å². The van der Waals surface area contributed by atoms with E-state index in [0.29, 0.717) is 47.2 Å². The van der Waals surface area contributed by atoms with Gasteiger partial charge in [0.25, 0.3) is 0 Å². The second-order valence-corrected chi connectivity index (χ2v) is 16.0. The van der Waals surface area contributed by atoms with Crippen LogP contribution < -0.4 is 10.4 Å². The molecule has 2 fully saturated rings. The normalized spacial score (nSPS) is 18.5. The molecule has 6 heterocycles. The minimum atomic E-state index is -0.585. The largest absolute Gasteiger partial charge is 0.488 e. The second-order valence-electron chi connectivity index (χ2n) is 16.0. The van der Waals surface area contributed by atoms with Crippen LogP contribution in [-0.4, -0.2) is 66.2 Å². The van der Waals surface area contributed by atoms with Crippen LogP contribution in [0.4, 0.5) is 9.59 Å². The van der Waals surface area contributed by atoms with Gasteiger partial charge in [-0.25, -0.2) is 24.4 Å². The molecule has 3 aromatic heterocycles. The van der Waals surface area contributed by atoms with Gasteiger partial charge in [-0.15, -0.1) is 0 Å². The van der Waals surface area contributed by atoms with E-state index in [1.165, 1.54) is 0 Å². The van der Waals surface area contributed by atoms with Gasteiger partial charge in [0.1, 0.15) is 40.8 Å². The molecule has 0 saturated carbocycles. The predicted molar refractivity (Wildman–Crippen MR) is 197 cm³/mol. The van der Waals surface area contributed by atoms with E-state index in [-0.39, 0.29) is 30.9 Å². The number of aromatic amines is 2. The first-order chi connectivity index (χ1) is 25.2. The van der Waals surface area contributed by atoms with Crippen LogP contribution in [-0.2, 0) is 16.1 Å². The van der Waals surface area contributed by atoms with Crippen molar-refractivity contribution in [3.05, 3.63) is 76.4 Å². The number of imidazole rings is 2. The van der Waals surface area contributed by atoms with Gasteiger partial charge in [-0.1, -0.05) is 18.2 Å². The summed E-state index contributed by atoms with van der Waals surface area (Å²) in [7, 11) is 0. The Morgan fingerprint density at radius 2 is 1.34 bits per heavy atom. The quantitative estimate of drug-likeness (QED) is 0.175. The van der Waals surface area contributed by atoms with E-state index in [9.17, 15) is 14.4 Å². The molecule has 13 heteroatoms. The maximum absolute atomic E-state index is 13.6. The van der Waals surface area contributed by atoms with Gasteiger partial charge in [-0.3, -0.25) is 9.80 Å². The molecule has 3 aliphatic rings. The van der Waals surface area contributed by atoms with Crippen molar-refractivity contribution in [2.75, 3.05) is 13.1 Å². The van der Waals surface area contributed by atoms with Crippen molar-refractivity contribution < 1.29 is 28.2 Å². The van der Waals surface area contributed by atoms with E-state index >= 15 is 0 Å². The van der Waals surface area contributed by atoms with Crippen molar-refractivity contribution in [1.29, 1.82) is 0 Å². The highest BCUT2D eigenvalue weighted by Crippen LogP contribution is 2.42. The van der Waals surface area contributed by atoms with E-state index in [1.807, 2.05) is 77.9 Å². The number of nitrogens with zero attached hydrogens (tertiary/aromatic N) is 4. The Kier molecular flexibility index (Phi) is 8.34. The lowest BCUT2D eigenvalue weighted by molar-refractivity contribution is 0.0208. The highest BCUT2D eigenvalue weighted by atomic mass is 16.6. The number of H-pyrrole nitrogens is 2. The summed E-state index contributed by atoms with van der Waals surface area (Å²) in [6.07, 6.45) is 6.10. The van der Waals surface area contributed by atoms with Gasteiger partial charge in [0.05, 0.1) is 41.4 Å². The number of fused-ring (bicyclic) bond motifs is 5. The maximum atomic E-state index is 13.6. The minimum absolute atomic E-state index is 0.199. The Hall–Kier alpha value is -5.59. The number of ether oxygens (including phenoxy) is 3. The van der Waals surface area contributed by atoms with Crippen molar-refractivity contribution in [3.63, 3.8) is 0 Å². The van der Waals surface area contributed by atoms with Gasteiger partial charge >= 0.3 is 17.8 Å². The SMILES string of the molecule is CC(C)(C)OC(=O)N1CCC[C@H]1c1ncc(-c2ccc3c(c2)OCc2c-3c(=O)oc3cc(-c4cnc([C@@H]5CCCN5C(=O)OC(C)(C)C)[nH]4)ccc23)[nH]1. The molecule has 2 amide bonds. The van der Waals surface area contributed by atoms with Gasteiger partial charge in [0, 0.05) is 40.7 Å². The zero-order chi connectivity index (χ0) is 37.2. The molecule has 8 rings (SSSR count). The fourth-order valence-corrected chi connectivity index (χ4v) is 7.51. The number of hydrogen-bond donors (Lipinski definition) is 2. The molecule has 0 unspecified atom stereocenters. The molecule has 53 heavy (non-hydrogen) atoms. The lowest BCUT2D eigenvalue weighted by atomic mass is 9.94. The van der Waals surface area contributed by atoms with E-state index in [0.717, 1.165) is 59.1 Å². The summed E-state index contributed by atoms with van der Waals surface area (Å²) in [6.45, 7) is 12.6. The van der Waals surface area contributed by atoms with Crippen LogP contribution >= 0.6 is 0 Å². The second kappa shape index (κ2) is 12.8. The Labute approximate surface area is 306 Å². The molecular formula is C40H44N6O7. The summed E-state index contributed by atoms with van der Waals surface area (Å²) in [6, 6.07) is 11.0. The Balaban J connectivity index is 1.03. The number of carbonyl (C=O) groups is 2. The van der Waals surface area contributed by atoms with Crippen LogP contribution in [0, 0.1) is 0 Å². The van der Waals surface area contributed by atoms with Crippen LogP contribution in [0.15, 0.2) is 58.0 Å². The monoisotopic (exact) mass is 720 g/mol. The highest BCUT2D eigenvalue weighted by Gasteiger charge is 2.36. The summed E-state index contributed by atoms with van der Waals surface area (Å²) in [5, 5.41) is 0.786. The number of likely N-dealkylation sites (tertiary alicyclic amines) is 2. The van der Waals surface area contributed by atoms with Crippen molar-refractivity contribution in [3.8, 4) is 39.4 Å². The summed E-state index contributed by atoms with van der Waals surface area (Å²) >= 11 is 0. The number of hydrogen-bond acceptors (Lipinski definition) is 9. The average molecular weight is 721 g/mol. The van der Waals surface area contributed by atoms with Crippen molar-refractivity contribution in [2.24, 2.45) is 0 Å². The molecular weight excluding hydrogens is 676 g/mol. The van der Waals surface area contributed by atoms with E-state index in [1.54, 1.807) is 22.2 Å². The summed E-state index contributed by atoms with van der Waals surface area (Å²) < 4.78 is 23.5. The van der Waals surface area contributed by atoms with E-state index < -0.39 is 16.8 Å². The fraction of sp³-hybridized carbons (Fsp3) is 0.425. The van der Waals surface area contributed by atoms with Crippen molar-refractivity contribution in [1.82, 2.24) is 29.7 Å². The first kappa shape index (κ1) is 34.5. The number of benzene rings is 2. The topological polar surface area (TPSA) is 156 Å². The molecule has 2 saturated heterocycles. The third kappa shape index (κ3) is 6.64. The minimum Gasteiger partial charge on any atom is -0.488 e. The lowest BCUT2D eigenvalue weighted by Gasteiger charge is -2.27. The van der Waals surface area contributed by atoms with Crippen LogP contribution in [0.5, 0.6) is 5.75 Å². The molecule has 5 aromatic rings. The zero-order valence-electron chi connectivity index (χ0n) is 30.9. The molecule has 2 N–H and O–H groups in total. The Bertz CT molecular complexity index is 2290. The summed E-state index contributed by atoms with van der Waals surface area (Å²) in [5.41, 5.74) is 3.90. The summed E-state index contributed by atoms with van der Waals surface area (Å²) in [5.74, 6) is 1.96. The molecule has 13 nitrogen and oxygen atoms in total. The third-order valence-electron chi connectivity index (χ3n) is 9.84. The molecule has 276 valence electrons. The number of amides is 2. The molecule has 0 radical (unpaired) electrons. The van der Waals surface area contributed by atoms with Gasteiger partial charge in [0.2, 0.25) is 0 Å². The zero-order valence-corrected chi connectivity index (χ0v) is 30.9. The molecule has 2 atom stereocenters. The van der Waals surface area contributed by atoms with Crippen LogP contribution in [0.1, 0.15) is 96.5 Å². The number of carbonyl (C=O) groups excluding carboxylic acids is 2. The highest BCUT2D eigenvalue weighted by molar-refractivity contribution is 5.91. The Morgan fingerprint density at radius 1 is 0.792 bits per heavy atom. The first-order valence-corrected chi connectivity index (χ1v) is 18.2. The predicted octanol–water partition coefficient (Wildman–Crippen LogP) is 8.28. The number of aromatic nitrogens is 4. The summed E-state index contributed by atoms with van der Waals surface area (Å²) in [4.78, 5) is 58.9. The van der Waals surface area contributed by atoms with Gasteiger partial charge in [-0.05, 0) is 85.4 Å². The average Bonchev–Trinajstić information content (AvgIpc) is 3.92. The fourth-order valence-electron chi connectivity index (χ4n) is 7.51. The third-order valence-corrected chi connectivity index (χ3v) is 9.84. The smallest absolute Gasteiger partial charge is 0.410 e. The van der Waals surface area contributed by atoms with Crippen molar-refractivity contribution >= 4 is 23.2 Å². The standard InChI is InChI=1S/C40H44N6O7/c1-39(2,3)52-37(48)45-15-7-9-29(45)34-41-19-27(43-34)22-12-14-25-31(17-22)50-21-26-24-13-11-23(18-32(24)51-36(47)33(25)26)28-20-42-35(44-28)30-10-8-16-46(30)38(49)53-40(4,5)6/h11-14,17-20,29-30H,7-10,15-16,21H2,1-6H3,(H,41,43)(H,42,44)/t29-,30-/m0/s1. The Morgan fingerprint density at radius 3 is 1.91 bits per heavy atom. The van der Waals surface area contributed by atoms with Gasteiger partial charge in [-0.2, -0.15) is 0 Å². The maximum Gasteiger partial charge on any atom is 0.410 e. The number of nitrogens with one attached hydrogen (secondary N) is 2. The van der Waals surface area contributed by atoms with Crippen LogP contribution in [0.2, 0.25) is 0 Å². The van der Waals surface area contributed by atoms with Gasteiger partial charge < -0.3 is 28.6 Å². The lowest BCUT2D eigenvalue weighted by Crippen LogP contribution is -2.36. The molecule has 2 aromatic carbocycles. The van der Waals surface area contributed by atoms with Crippen LogP contribution in [0.3, 0.4) is 0 Å². The molecule has 0 spiro atoms. The molecule has 0 bridgehead atoms. The van der Waals surface area contributed by atoms with Crippen molar-refractivity contribution in [2.45, 2.75) is 97.1 Å². The van der Waals surface area contributed by atoms with E-state index in [4.69, 9.17) is 18.6 Å². The molecule has 0 aliphatic carbocycles. The number of rotatable bonds is 4. The first-order valence-electron chi connectivity index (χ1n) is 18.2. The van der Waals surface area contributed by atoms with Crippen LogP contribution in [0.25, 0.3) is 44.6 Å². The van der Waals surface area contributed by atoms with E-state index in [2.05, 4.69) is 19.9 Å².